The molecule has 0 bridgehead atoms. The number of ether oxygens (including phenoxy) is 2. The molecule has 9 nitrogen and oxygen atoms in total. The van der Waals surface area contributed by atoms with Crippen LogP contribution in [0.25, 0.3) is 9.88 Å². The Bertz CT molecular complexity index is 1130. The zero-order valence-corrected chi connectivity index (χ0v) is 18.6. The average molecular weight is 474 g/mol. The van der Waals surface area contributed by atoms with E-state index in [2.05, 4.69) is 15.6 Å². The number of thiazole rings is 1. The number of hydrogen-bond acceptors (Lipinski definition) is 9. The van der Waals surface area contributed by atoms with Gasteiger partial charge in [-0.25, -0.2) is 14.6 Å². The van der Waals surface area contributed by atoms with Crippen molar-refractivity contribution < 1.29 is 28.3 Å². The van der Waals surface area contributed by atoms with E-state index in [0.717, 1.165) is 9.88 Å². The maximum absolute atomic E-state index is 12.6. The monoisotopic (exact) mass is 473 g/mol. The zero-order chi connectivity index (χ0) is 22.5. The third-order valence-electron chi connectivity index (χ3n) is 4.46. The van der Waals surface area contributed by atoms with Gasteiger partial charge in [-0.15, -0.1) is 22.7 Å². The Morgan fingerprint density at radius 2 is 2.09 bits per heavy atom. The fourth-order valence-corrected chi connectivity index (χ4v) is 4.74. The summed E-state index contributed by atoms with van der Waals surface area (Å²) >= 11 is 3.02. The number of amides is 2. The normalized spacial score (nSPS) is 15.8. The minimum atomic E-state index is -0.863. The minimum Gasteiger partial charge on any atom is -0.467 e. The van der Waals surface area contributed by atoms with Crippen molar-refractivity contribution in [2.75, 3.05) is 13.2 Å². The smallest absolute Gasteiger partial charge is 0.338 e. The number of urea groups is 1. The first-order valence-corrected chi connectivity index (χ1v) is 11.5. The van der Waals surface area contributed by atoms with Crippen LogP contribution in [0.15, 0.2) is 57.0 Å². The average Bonchev–Trinajstić information content (AvgIpc) is 3.54. The third-order valence-corrected chi connectivity index (χ3v) is 6.39. The van der Waals surface area contributed by atoms with Gasteiger partial charge in [-0.1, -0.05) is 6.07 Å². The number of esters is 2. The van der Waals surface area contributed by atoms with Crippen LogP contribution in [0.3, 0.4) is 0 Å². The highest BCUT2D eigenvalue weighted by atomic mass is 32.1. The van der Waals surface area contributed by atoms with Crippen LogP contribution in [0.1, 0.15) is 24.4 Å². The maximum Gasteiger partial charge on any atom is 0.338 e. The topological polar surface area (TPSA) is 120 Å². The second kappa shape index (κ2) is 9.79. The molecule has 11 heteroatoms. The van der Waals surface area contributed by atoms with Gasteiger partial charge in [0.2, 0.25) is 0 Å². The minimum absolute atomic E-state index is 0.0301. The highest BCUT2D eigenvalue weighted by Crippen LogP contribution is 2.29. The van der Waals surface area contributed by atoms with E-state index in [0.29, 0.717) is 11.5 Å². The first-order valence-electron chi connectivity index (χ1n) is 9.70. The first kappa shape index (κ1) is 21.8. The van der Waals surface area contributed by atoms with Gasteiger partial charge in [0, 0.05) is 5.38 Å². The molecule has 3 aromatic rings. The van der Waals surface area contributed by atoms with Gasteiger partial charge in [-0.3, -0.25) is 4.79 Å². The molecule has 0 aliphatic carbocycles. The molecule has 2 amide bonds. The van der Waals surface area contributed by atoms with Gasteiger partial charge in [-0.05, 0) is 30.5 Å². The summed E-state index contributed by atoms with van der Waals surface area (Å²) < 4.78 is 15.9. The van der Waals surface area contributed by atoms with Crippen molar-refractivity contribution in [3.8, 4) is 9.88 Å². The van der Waals surface area contributed by atoms with Crippen molar-refractivity contribution in [2.45, 2.75) is 19.4 Å². The van der Waals surface area contributed by atoms with Crippen LogP contribution in [0, 0.1) is 0 Å². The molecular formula is C21H19N3O6S2. The van der Waals surface area contributed by atoms with Gasteiger partial charge in [0.15, 0.2) is 0 Å². The molecule has 32 heavy (non-hydrogen) atoms. The fourth-order valence-electron chi connectivity index (χ4n) is 3.10. The summed E-state index contributed by atoms with van der Waals surface area (Å²) in [5.74, 6) is -0.825. The number of carbonyl (C=O) groups excluding carboxylic acids is 3. The number of thiophene rings is 1. The Labute approximate surface area is 191 Å². The van der Waals surface area contributed by atoms with Crippen LogP contribution >= 0.6 is 22.7 Å². The molecule has 1 aliphatic heterocycles. The van der Waals surface area contributed by atoms with Gasteiger partial charge >= 0.3 is 18.0 Å². The summed E-state index contributed by atoms with van der Waals surface area (Å²) in [6.45, 7) is 1.51. The van der Waals surface area contributed by atoms with Crippen molar-refractivity contribution >= 4 is 40.6 Å². The molecule has 0 spiro atoms. The molecule has 1 atom stereocenters. The molecule has 4 heterocycles. The summed E-state index contributed by atoms with van der Waals surface area (Å²) in [6.07, 6.45) is 1.40. The van der Waals surface area contributed by atoms with Crippen LogP contribution in [0.2, 0.25) is 0 Å². The Kier molecular flexibility index (Phi) is 6.66. The number of carbonyl (C=O) groups is 3. The standard InChI is InChI=1S/C21H19N3O6S2/c1-2-28-20(26)17-13(23-21(27)24-18(17)14-5-3-7-29-14)10-30-16(25)9-12-11-32-19(22-12)15-6-4-8-31-15/h3-8,11,18H,2,9-10H2,1H3,(H2,23,24,27). The van der Waals surface area contributed by atoms with Crippen molar-refractivity contribution in [1.29, 1.82) is 0 Å². The lowest BCUT2D eigenvalue weighted by Crippen LogP contribution is -2.47. The predicted octanol–water partition coefficient (Wildman–Crippen LogP) is 3.42. The molecular weight excluding hydrogens is 454 g/mol. The van der Waals surface area contributed by atoms with E-state index in [4.69, 9.17) is 13.9 Å². The summed E-state index contributed by atoms with van der Waals surface area (Å²) in [5, 5.41) is 9.77. The van der Waals surface area contributed by atoms with Crippen molar-refractivity contribution in [2.24, 2.45) is 0 Å². The van der Waals surface area contributed by atoms with Crippen molar-refractivity contribution in [1.82, 2.24) is 15.6 Å². The largest absolute Gasteiger partial charge is 0.467 e. The Balaban J connectivity index is 1.48. The van der Waals surface area contributed by atoms with E-state index in [1.54, 1.807) is 35.8 Å². The van der Waals surface area contributed by atoms with Gasteiger partial charge in [-0.2, -0.15) is 0 Å². The van der Waals surface area contributed by atoms with Gasteiger partial charge in [0.1, 0.15) is 23.4 Å². The molecule has 0 fully saturated rings. The molecule has 1 unspecified atom stereocenters. The third kappa shape index (κ3) is 4.89. The summed E-state index contributed by atoms with van der Waals surface area (Å²) in [7, 11) is 0. The molecule has 3 aromatic heterocycles. The number of rotatable bonds is 8. The molecule has 0 saturated carbocycles. The number of furan rings is 1. The Hall–Kier alpha value is -3.44. The number of nitrogens with zero attached hydrogens (tertiary/aromatic N) is 1. The molecule has 4 rings (SSSR count). The summed E-state index contributed by atoms with van der Waals surface area (Å²) in [6, 6.07) is 5.76. The maximum atomic E-state index is 12.6. The number of nitrogens with one attached hydrogen (secondary N) is 2. The highest BCUT2D eigenvalue weighted by Gasteiger charge is 2.35. The van der Waals surface area contributed by atoms with Crippen molar-refractivity contribution in [3.05, 3.63) is 64.0 Å². The molecule has 2 N–H and O–H groups in total. The molecule has 166 valence electrons. The van der Waals surface area contributed by atoms with Crippen LogP contribution < -0.4 is 10.6 Å². The van der Waals surface area contributed by atoms with E-state index >= 15 is 0 Å². The van der Waals surface area contributed by atoms with E-state index in [1.165, 1.54) is 17.6 Å². The highest BCUT2D eigenvalue weighted by molar-refractivity contribution is 7.20. The van der Waals surface area contributed by atoms with Gasteiger partial charge in [0.05, 0.1) is 41.1 Å². The lowest BCUT2D eigenvalue weighted by molar-refractivity contribution is -0.143. The molecule has 1 aliphatic rings. The summed E-state index contributed by atoms with van der Waals surface area (Å²) in [4.78, 5) is 42.7. The van der Waals surface area contributed by atoms with Crippen LogP contribution in [-0.4, -0.2) is 36.2 Å². The van der Waals surface area contributed by atoms with Gasteiger partial charge < -0.3 is 24.5 Å². The number of hydrogen-bond donors (Lipinski definition) is 2. The zero-order valence-electron chi connectivity index (χ0n) is 17.0. The number of aromatic nitrogens is 1. The van der Waals surface area contributed by atoms with Gasteiger partial charge in [0.25, 0.3) is 0 Å². The van der Waals surface area contributed by atoms with E-state index in [1.807, 2.05) is 17.5 Å². The SMILES string of the molecule is CCOC(=O)C1=C(COC(=O)Cc2csc(-c3cccs3)n2)NC(=O)NC1c1ccco1. The van der Waals surface area contributed by atoms with Crippen LogP contribution in [-0.2, 0) is 25.5 Å². The second-order valence-corrected chi connectivity index (χ2v) is 8.42. The lowest BCUT2D eigenvalue weighted by atomic mass is 10.0. The molecule has 0 aromatic carbocycles. The summed E-state index contributed by atoms with van der Waals surface area (Å²) in [5.41, 5.74) is 0.841. The fraction of sp³-hybridized carbons (Fsp3) is 0.238. The van der Waals surface area contributed by atoms with E-state index in [-0.39, 0.29) is 30.9 Å². The lowest BCUT2D eigenvalue weighted by Gasteiger charge is -2.27. The van der Waals surface area contributed by atoms with E-state index < -0.39 is 24.0 Å². The Morgan fingerprint density at radius 1 is 1.22 bits per heavy atom. The van der Waals surface area contributed by atoms with Crippen LogP contribution in [0.4, 0.5) is 4.79 Å². The quantitative estimate of drug-likeness (QED) is 0.481. The first-order chi connectivity index (χ1) is 15.5. The second-order valence-electron chi connectivity index (χ2n) is 6.62. The molecule has 0 radical (unpaired) electrons. The Morgan fingerprint density at radius 3 is 2.81 bits per heavy atom. The predicted molar refractivity (Wildman–Crippen MR) is 117 cm³/mol. The van der Waals surface area contributed by atoms with Crippen LogP contribution in [0.5, 0.6) is 0 Å². The van der Waals surface area contributed by atoms with Crippen molar-refractivity contribution in [3.63, 3.8) is 0 Å². The molecule has 0 saturated heterocycles. The van der Waals surface area contributed by atoms with E-state index in [9.17, 15) is 14.4 Å².